The highest BCUT2D eigenvalue weighted by molar-refractivity contribution is 7.13. The summed E-state index contributed by atoms with van der Waals surface area (Å²) in [5.41, 5.74) is 1.22. The highest BCUT2D eigenvalue weighted by Gasteiger charge is 2.40. The maximum Gasteiger partial charge on any atom is 0.348 e. The number of ether oxygens (including phenoxy) is 2. The molecule has 0 amide bonds. The van der Waals surface area contributed by atoms with Gasteiger partial charge >= 0.3 is 5.97 Å². The van der Waals surface area contributed by atoms with E-state index in [2.05, 4.69) is 17.0 Å². The van der Waals surface area contributed by atoms with Gasteiger partial charge < -0.3 is 24.8 Å². The summed E-state index contributed by atoms with van der Waals surface area (Å²) in [6.45, 7) is 4.34. The zero-order valence-electron chi connectivity index (χ0n) is 22.2. The highest BCUT2D eigenvalue weighted by atomic mass is 32.1. The summed E-state index contributed by atoms with van der Waals surface area (Å²) in [7, 11) is 0. The number of carbonyl (C=O) groups is 1. The van der Waals surface area contributed by atoms with Crippen LogP contribution < -0.4 is 0 Å². The standard InChI is InChI=1S/C30H43NO6S/c32-23(10-9-22-5-2-1-3-6-22)11-13-26-25(27(33)21-28(26)34)8-4-7-24-12-14-29(38-24)30(35)37-20-17-31-15-18-36-19-16-31/h1-3,5-6,12,14,23,25-28,32-34H,4,7-11,13,15-21H2/t23-,25+,26+,27-,28+/m0/s1. The fourth-order valence-corrected chi connectivity index (χ4v) is 6.73. The Bertz CT molecular complexity index is 963. The lowest BCUT2D eigenvalue weighted by Gasteiger charge is -2.26. The van der Waals surface area contributed by atoms with Crippen molar-refractivity contribution in [2.75, 3.05) is 39.5 Å². The first-order valence-electron chi connectivity index (χ1n) is 14.1. The summed E-state index contributed by atoms with van der Waals surface area (Å²) < 4.78 is 10.8. The maximum atomic E-state index is 12.4. The van der Waals surface area contributed by atoms with Gasteiger partial charge in [0.05, 0.1) is 31.5 Å². The Morgan fingerprint density at radius 1 is 1.00 bits per heavy atom. The molecule has 2 aromatic rings. The average Bonchev–Trinajstić information content (AvgIpc) is 3.51. The van der Waals surface area contributed by atoms with E-state index < -0.39 is 18.3 Å². The van der Waals surface area contributed by atoms with Crippen LogP contribution in [0.15, 0.2) is 42.5 Å². The second-order valence-electron chi connectivity index (χ2n) is 10.7. The number of morpholine rings is 1. The van der Waals surface area contributed by atoms with E-state index in [0.29, 0.717) is 30.7 Å². The number of thiophene rings is 1. The first-order chi connectivity index (χ1) is 18.5. The molecule has 0 radical (unpaired) electrons. The van der Waals surface area contributed by atoms with Gasteiger partial charge in [-0.3, -0.25) is 4.90 Å². The molecule has 2 aliphatic rings. The number of esters is 1. The Kier molecular flexibility index (Phi) is 11.6. The quantitative estimate of drug-likeness (QED) is 0.312. The number of benzene rings is 1. The second kappa shape index (κ2) is 15.1. The van der Waals surface area contributed by atoms with Gasteiger partial charge in [-0.25, -0.2) is 4.79 Å². The maximum absolute atomic E-state index is 12.4. The van der Waals surface area contributed by atoms with E-state index in [1.54, 1.807) is 0 Å². The Morgan fingerprint density at radius 2 is 1.74 bits per heavy atom. The first-order valence-corrected chi connectivity index (χ1v) is 15.0. The van der Waals surface area contributed by atoms with Gasteiger partial charge in [0.2, 0.25) is 0 Å². The monoisotopic (exact) mass is 545 g/mol. The number of aliphatic hydroxyl groups excluding tert-OH is 3. The van der Waals surface area contributed by atoms with Crippen LogP contribution in [0.3, 0.4) is 0 Å². The topological polar surface area (TPSA) is 99.5 Å². The van der Waals surface area contributed by atoms with Crippen LogP contribution in [0.4, 0.5) is 0 Å². The van der Waals surface area contributed by atoms with E-state index in [1.807, 2.05) is 30.3 Å². The van der Waals surface area contributed by atoms with Crippen molar-refractivity contribution in [3.05, 3.63) is 57.8 Å². The zero-order chi connectivity index (χ0) is 26.7. The lowest BCUT2D eigenvalue weighted by atomic mass is 9.84. The number of nitrogens with zero attached hydrogens (tertiary/aromatic N) is 1. The molecule has 1 aliphatic carbocycles. The fraction of sp³-hybridized carbons (Fsp3) is 0.633. The summed E-state index contributed by atoms with van der Waals surface area (Å²) in [5, 5.41) is 31.7. The van der Waals surface area contributed by atoms with Crippen LogP contribution in [0.1, 0.15) is 58.6 Å². The van der Waals surface area contributed by atoms with E-state index in [4.69, 9.17) is 9.47 Å². The number of carbonyl (C=O) groups excluding carboxylic acids is 1. The van der Waals surface area contributed by atoms with Gasteiger partial charge in [-0.05, 0) is 80.9 Å². The van der Waals surface area contributed by atoms with Gasteiger partial charge in [-0.1, -0.05) is 30.3 Å². The van der Waals surface area contributed by atoms with Crippen LogP contribution in [0.2, 0.25) is 0 Å². The smallest absolute Gasteiger partial charge is 0.348 e. The van der Waals surface area contributed by atoms with Gasteiger partial charge in [0.25, 0.3) is 0 Å². The van der Waals surface area contributed by atoms with Crippen molar-refractivity contribution >= 4 is 17.3 Å². The molecule has 0 unspecified atom stereocenters. The lowest BCUT2D eigenvalue weighted by Crippen LogP contribution is -2.38. The first kappa shape index (κ1) is 29.2. The predicted octanol–water partition coefficient (Wildman–Crippen LogP) is 3.69. The van der Waals surface area contributed by atoms with E-state index >= 15 is 0 Å². The van der Waals surface area contributed by atoms with Crippen molar-refractivity contribution in [2.45, 2.75) is 69.7 Å². The van der Waals surface area contributed by atoms with Crippen LogP contribution in [0.25, 0.3) is 0 Å². The van der Waals surface area contributed by atoms with Crippen molar-refractivity contribution in [3.8, 4) is 0 Å². The van der Waals surface area contributed by atoms with Gasteiger partial charge in [-0.15, -0.1) is 11.3 Å². The minimum absolute atomic E-state index is 0.0108. The van der Waals surface area contributed by atoms with E-state index in [1.165, 1.54) is 16.9 Å². The molecule has 7 nitrogen and oxygen atoms in total. The molecule has 1 aromatic heterocycles. The second-order valence-corrected chi connectivity index (χ2v) is 11.9. The van der Waals surface area contributed by atoms with E-state index in [9.17, 15) is 20.1 Å². The van der Waals surface area contributed by atoms with Crippen molar-refractivity contribution in [1.29, 1.82) is 0 Å². The molecule has 4 rings (SSSR count). The van der Waals surface area contributed by atoms with Crippen LogP contribution in [0, 0.1) is 11.8 Å². The van der Waals surface area contributed by atoms with Crippen molar-refractivity contribution in [2.24, 2.45) is 11.8 Å². The number of hydrogen-bond acceptors (Lipinski definition) is 8. The van der Waals surface area contributed by atoms with Crippen LogP contribution in [0.5, 0.6) is 0 Å². The molecule has 2 fully saturated rings. The number of aryl methyl sites for hydroxylation is 2. The molecule has 8 heteroatoms. The normalized spacial score (nSPS) is 24.9. The van der Waals surface area contributed by atoms with Crippen molar-refractivity contribution in [1.82, 2.24) is 4.90 Å². The van der Waals surface area contributed by atoms with Crippen molar-refractivity contribution in [3.63, 3.8) is 0 Å². The molecule has 1 saturated heterocycles. The van der Waals surface area contributed by atoms with Crippen LogP contribution in [-0.2, 0) is 22.3 Å². The number of rotatable bonds is 14. The van der Waals surface area contributed by atoms with E-state index in [-0.39, 0.29) is 17.8 Å². The summed E-state index contributed by atoms with van der Waals surface area (Å²) in [4.78, 5) is 16.4. The third-order valence-electron chi connectivity index (χ3n) is 8.03. The highest BCUT2D eigenvalue weighted by Crippen LogP contribution is 2.39. The molecule has 210 valence electrons. The molecule has 5 atom stereocenters. The molecular weight excluding hydrogens is 502 g/mol. The largest absolute Gasteiger partial charge is 0.460 e. The molecule has 2 heterocycles. The Hall–Kier alpha value is -1.81. The third-order valence-corrected chi connectivity index (χ3v) is 9.16. The number of aliphatic hydroxyl groups is 3. The summed E-state index contributed by atoms with van der Waals surface area (Å²) in [6.07, 6.45) is 4.42. The van der Waals surface area contributed by atoms with Gasteiger partial charge in [0.1, 0.15) is 11.5 Å². The molecule has 1 saturated carbocycles. The molecule has 1 aromatic carbocycles. The predicted molar refractivity (Wildman–Crippen MR) is 148 cm³/mol. The van der Waals surface area contributed by atoms with Crippen LogP contribution in [-0.4, -0.2) is 84.0 Å². The van der Waals surface area contributed by atoms with E-state index in [0.717, 1.165) is 69.8 Å². The molecule has 0 bridgehead atoms. The molecule has 0 spiro atoms. The van der Waals surface area contributed by atoms with Crippen LogP contribution >= 0.6 is 11.3 Å². The Labute approximate surface area is 230 Å². The summed E-state index contributed by atoms with van der Waals surface area (Å²) >= 11 is 1.48. The SMILES string of the molecule is O=C(OCCN1CCOCC1)c1ccc(CCC[C@@H]2[C@@H](CC[C@@H](O)CCc3ccccc3)[C@H](O)C[C@@H]2O)s1. The third kappa shape index (κ3) is 8.86. The minimum atomic E-state index is -0.517. The zero-order valence-corrected chi connectivity index (χ0v) is 23.1. The minimum Gasteiger partial charge on any atom is -0.460 e. The van der Waals surface area contributed by atoms with Gasteiger partial charge in [-0.2, -0.15) is 0 Å². The lowest BCUT2D eigenvalue weighted by molar-refractivity contribution is 0.0197. The Balaban J connectivity index is 1.16. The molecule has 38 heavy (non-hydrogen) atoms. The molecule has 3 N–H and O–H groups in total. The van der Waals surface area contributed by atoms with Gasteiger partial charge in [0.15, 0.2) is 0 Å². The fourth-order valence-electron chi connectivity index (χ4n) is 5.79. The summed E-state index contributed by atoms with van der Waals surface area (Å²) in [6, 6.07) is 14.0. The number of hydrogen-bond donors (Lipinski definition) is 3. The molecular formula is C30H43NO6S. The van der Waals surface area contributed by atoms with Gasteiger partial charge in [0, 0.05) is 24.5 Å². The average molecular weight is 546 g/mol. The molecule has 1 aliphatic heterocycles. The van der Waals surface area contributed by atoms with Crippen molar-refractivity contribution < 1.29 is 29.6 Å². The Morgan fingerprint density at radius 3 is 2.50 bits per heavy atom. The summed E-state index contributed by atoms with van der Waals surface area (Å²) in [5.74, 6) is -0.220.